The summed E-state index contributed by atoms with van der Waals surface area (Å²) in [7, 11) is 0. The number of ether oxygens (including phenoxy) is 2. The van der Waals surface area contributed by atoms with E-state index in [4.69, 9.17) is 9.47 Å². The Kier molecular flexibility index (Phi) is 38.6. The first-order valence-electron chi connectivity index (χ1n) is 20.1. The highest BCUT2D eigenvalue weighted by molar-refractivity contribution is 5.69. The summed E-state index contributed by atoms with van der Waals surface area (Å²) in [5, 5.41) is 9.54. The third kappa shape index (κ3) is 37.1. The summed E-state index contributed by atoms with van der Waals surface area (Å²) in [6.45, 7) is 5.33. The fourth-order valence-electron chi connectivity index (χ4n) is 5.69. The molecule has 0 aliphatic carbocycles. The van der Waals surface area contributed by atoms with Gasteiger partial charge in [-0.3, -0.25) is 4.79 Å². The van der Waals surface area contributed by atoms with Crippen LogP contribution in [0, 0.1) is 0 Å². The Balaban J connectivity index is 3.43. The molecule has 1 unspecified atom stereocenters. The maximum absolute atomic E-state index is 12.1. The van der Waals surface area contributed by atoms with E-state index in [2.05, 4.69) is 50.3 Å². The number of esters is 1. The van der Waals surface area contributed by atoms with Crippen LogP contribution in [0.2, 0.25) is 0 Å². The molecule has 0 aromatic carbocycles. The van der Waals surface area contributed by atoms with Crippen molar-refractivity contribution in [2.24, 2.45) is 0 Å². The van der Waals surface area contributed by atoms with Crippen molar-refractivity contribution in [3.8, 4) is 0 Å². The maximum atomic E-state index is 12.1. The fraction of sp³-hybridized carbons (Fsp3) is 0.833. The zero-order valence-electron chi connectivity index (χ0n) is 30.8. The zero-order chi connectivity index (χ0) is 33.4. The molecule has 270 valence electrons. The van der Waals surface area contributed by atoms with Crippen molar-refractivity contribution in [3.05, 3.63) is 36.5 Å². The van der Waals surface area contributed by atoms with Gasteiger partial charge in [0.2, 0.25) is 0 Å². The van der Waals surface area contributed by atoms with Crippen molar-refractivity contribution < 1.29 is 19.4 Å². The van der Waals surface area contributed by atoms with Gasteiger partial charge in [0, 0.05) is 13.0 Å². The Bertz CT molecular complexity index is 683. The number of hydrogen-bond acceptors (Lipinski definition) is 4. The molecule has 0 saturated heterocycles. The molecular formula is C42H78O4. The molecule has 0 radical (unpaired) electrons. The number of hydrogen-bond donors (Lipinski definition) is 1. The minimum atomic E-state index is -0.531. The first-order valence-corrected chi connectivity index (χ1v) is 20.1. The Morgan fingerprint density at radius 1 is 0.522 bits per heavy atom. The van der Waals surface area contributed by atoms with E-state index in [0.717, 1.165) is 32.1 Å². The van der Waals surface area contributed by atoms with Crippen LogP contribution in [0.25, 0.3) is 0 Å². The maximum Gasteiger partial charge on any atom is 0.306 e. The minimum Gasteiger partial charge on any atom is -0.457 e. The zero-order valence-corrected chi connectivity index (χ0v) is 30.8. The van der Waals surface area contributed by atoms with E-state index in [9.17, 15) is 9.90 Å². The average Bonchev–Trinajstić information content (AvgIpc) is 3.06. The lowest BCUT2D eigenvalue weighted by Crippen LogP contribution is -2.27. The smallest absolute Gasteiger partial charge is 0.306 e. The second-order valence-electron chi connectivity index (χ2n) is 13.4. The molecule has 0 aromatic rings. The van der Waals surface area contributed by atoms with Crippen LogP contribution in [0.15, 0.2) is 36.5 Å². The second-order valence-corrected chi connectivity index (χ2v) is 13.4. The molecule has 0 aliphatic heterocycles. The minimum absolute atomic E-state index is 0.171. The van der Waals surface area contributed by atoms with Crippen LogP contribution in [-0.4, -0.2) is 37.0 Å². The molecule has 0 amide bonds. The molecule has 1 N–H and O–H groups in total. The van der Waals surface area contributed by atoms with E-state index < -0.39 is 6.10 Å². The van der Waals surface area contributed by atoms with Crippen molar-refractivity contribution in [3.63, 3.8) is 0 Å². The van der Waals surface area contributed by atoms with E-state index in [1.54, 1.807) is 0 Å². The fourth-order valence-corrected chi connectivity index (χ4v) is 5.69. The largest absolute Gasteiger partial charge is 0.457 e. The van der Waals surface area contributed by atoms with Crippen LogP contribution in [0.1, 0.15) is 200 Å². The highest BCUT2D eigenvalue weighted by atomic mass is 16.6. The average molecular weight is 647 g/mol. The summed E-state index contributed by atoms with van der Waals surface area (Å²) < 4.78 is 11.1. The summed E-state index contributed by atoms with van der Waals surface area (Å²) >= 11 is 0. The van der Waals surface area contributed by atoms with Crippen molar-refractivity contribution in [2.45, 2.75) is 206 Å². The summed E-state index contributed by atoms with van der Waals surface area (Å²) in [6, 6.07) is 0. The normalized spacial score (nSPS) is 12.7. The van der Waals surface area contributed by atoms with Crippen molar-refractivity contribution >= 4 is 5.97 Å². The number of rotatable bonds is 37. The Labute approximate surface area is 287 Å². The lowest BCUT2D eigenvalue weighted by Gasteiger charge is -2.16. The van der Waals surface area contributed by atoms with Crippen LogP contribution in [0.5, 0.6) is 0 Å². The Morgan fingerprint density at radius 2 is 0.913 bits per heavy atom. The summed E-state index contributed by atoms with van der Waals surface area (Å²) in [5.74, 6) is -0.205. The first-order chi connectivity index (χ1) is 22.7. The number of carbonyl (C=O) groups excluding carboxylic acids is 1. The molecule has 0 aromatic heterocycles. The molecule has 0 bridgehead atoms. The third-order valence-corrected chi connectivity index (χ3v) is 8.72. The van der Waals surface area contributed by atoms with Gasteiger partial charge in [0.05, 0.1) is 13.2 Å². The van der Waals surface area contributed by atoms with Crippen LogP contribution >= 0.6 is 0 Å². The highest BCUT2D eigenvalue weighted by Crippen LogP contribution is 2.13. The second kappa shape index (κ2) is 39.8. The van der Waals surface area contributed by atoms with Gasteiger partial charge in [0.1, 0.15) is 6.10 Å². The lowest BCUT2D eigenvalue weighted by molar-refractivity contribution is -0.154. The molecule has 0 aliphatic rings. The summed E-state index contributed by atoms with van der Waals surface area (Å²) in [4.78, 5) is 12.1. The van der Waals surface area contributed by atoms with Crippen molar-refractivity contribution in [1.29, 1.82) is 0 Å². The van der Waals surface area contributed by atoms with Crippen molar-refractivity contribution in [1.82, 2.24) is 0 Å². The molecule has 0 fully saturated rings. The highest BCUT2D eigenvalue weighted by Gasteiger charge is 2.13. The monoisotopic (exact) mass is 647 g/mol. The van der Waals surface area contributed by atoms with Gasteiger partial charge in [-0.05, 0) is 51.4 Å². The summed E-state index contributed by atoms with van der Waals surface area (Å²) in [6.07, 6.45) is 49.1. The van der Waals surface area contributed by atoms with Gasteiger partial charge in [-0.15, -0.1) is 0 Å². The molecule has 4 nitrogen and oxygen atoms in total. The molecule has 46 heavy (non-hydrogen) atoms. The molecule has 0 saturated carbocycles. The van der Waals surface area contributed by atoms with E-state index in [1.165, 1.54) is 148 Å². The van der Waals surface area contributed by atoms with E-state index in [0.29, 0.717) is 19.6 Å². The Morgan fingerprint density at radius 3 is 1.37 bits per heavy atom. The van der Waals surface area contributed by atoms with E-state index >= 15 is 0 Å². The first kappa shape index (κ1) is 44.6. The predicted octanol–water partition coefficient (Wildman–Crippen LogP) is 12.9. The topological polar surface area (TPSA) is 55.8 Å². The van der Waals surface area contributed by atoms with Gasteiger partial charge >= 0.3 is 5.97 Å². The van der Waals surface area contributed by atoms with Gasteiger partial charge in [0.15, 0.2) is 0 Å². The van der Waals surface area contributed by atoms with E-state index in [1.807, 2.05) is 0 Å². The molecule has 0 spiro atoms. The number of unbranched alkanes of at least 4 members (excludes halogenated alkanes) is 23. The molecule has 1 atom stereocenters. The molecule has 4 heteroatoms. The number of aliphatic hydroxyl groups is 1. The molecular weight excluding hydrogens is 568 g/mol. The van der Waals surface area contributed by atoms with Gasteiger partial charge in [-0.2, -0.15) is 0 Å². The molecule has 0 heterocycles. The van der Waals surface area contributed by atoms with E-state index in [-0.39, 0.29) is 12.6 Å². The standard InChI is InChI=1S/C42H78O4/c1-3-5-7-9-11-13-14-15-16-17-18-19-20-21-22-23-24-25-26-27-28-29-31-33-35-37-42(44)46-41(39-43)40-45-38-36-34-32-30-12-10-8-6-4-2/h14-15,17-18,20-21,41,43H,3-13,16,19,22-40H2,1-2H3/b15-14-,18-17-,21-20-. The predicted molar refractivity (Wildman–Crippen MR) is 200 cm³/mol. The van der Waals surface area contributed by atoms with Crippen LogP contribution < -0.4 is 0 Å². The Hall–Kier alpha value is -1.39. The van der Waals surface area contributed by atoms with Crippen molar-refractivity contribution in [2.75, 3.05) is 19.8 Å². The number of aliphatic hydroxyl groups excluding tert-OH is 1. The van der Waals surface area contributed by atoms with Crippen LogP contribution in [0.4, 0.5) is 0 Å². The summed E-state index contributed by atoms with van der Waals surface area (Å²) in [5.41, 5.74) is 0. The quantitative estimate of drug-likeness (QED) is 0.0414. The van der Waals surface area contributed by atoms with Gasteiger partial charge in [-0.1, -0.05) is 179 Å². The number of allylic oxidation sites excluding steroid dienone is 6. The van der Waals surface area contributed by atoms with Crippen LogP contribution in [-0.2, 0) is 14.3 Å². The van der Waals surface area contributed by atoms with Gasteiger partial charge < -0.3 is 14.6 Å². The lowest BCUT2D eigenvalue weighted by atomic mass is 10.0. The van der Waals surface area contributed by atoms with Gasteiger partial charge in [-0.25, -0.2) is 0 Å². The van der Waals surface area contributed by atoms with Gasteiger partial charge in [0.25, 0.3) is 0 Å². The number of carbonyl (C=O) groups is 1. The van der Waals surface area contributed by atoms with Crippen LogP contribution in [0.3, 0.4) is 0 Å². The third-order valence-electron chi connectivity index (χ3n) is 8.72. The molecule has 0 rings (SSSR count). The SMILES string of the molecule is CCCCCCC/C=C\C/C=C\C/C=C\CCCCCCCCCCCCC(=O)OC(CO)COCCCCCCCCCCC.